The predicted octanol–water partition coefficient (Wildman–Crippen LogP) is 3.22. The van der Waals surface area contributed by atoms with Crippen molar-refractivity contribution in [1.29, 1.82) is 0 Å². The van der Waals surface area contributed by atoms with Gasteiger partial charge in [0.15, 0.2) is 0 Å². The van der Waals surface area contributed by atoms with Crippen molar-refractivity contribution >= 4 is 15.9 Å². The molecule has 0 saturated carbocycles. The Balaban J connectivity index is 3.19. The lowest BCUT2D eigenvalue weighted by atomic mass is 9.92. The minimum atomic E-state index is 0.355. The number of benzene rings is 1. The highest BCUT2D eigenvalue weighted by molar-refractivity contribution is 9.10. The van der Waals surface area contributed by atoms with E-state index in [1.165, 1.54) is 5.56 Å². The van der Waals surface area contributed by atoms with Gasteiger partial charge in [-0.3, -0.25) is 0 Å². The highest BCUT2D eigenvalue weighted by Gasteiger charge is 2.14. The molecule has 0 amide bonds. The van der Waals surface area contributed by atoms with Gasteiger partial charge in [0.2, 0.25) is 0 Å². The molecule has 0 aliphatic rings. The minimum absolute atomic E-state index is 0.355. The van der Waals surface area contributed by atoms with Crippen LogP contribution in [-0.4, -0.2) is 11.7 Å². The van der Waals surface area contributed by atoms with E-state index < -0.39 is 0 Å². The molecule has 1 unspecified atom stereocenters. The van der Waals surface area contributed by atoms with Crippen LogP contribution in [0, 0.1) is 13.8 Å². The van der Waals surface area contributed by atoms with Gasteiger partial charge < -0.3 is 10.8 Å². The van der Waals surface area contributed by atoms with Gasteiger partial charge in [-0.15, -0.1) is 0 Å². The van der Waals surface area contributed by atoms with Crippen LogP contribution in [0.3, 0.4) is 0 Å². The second-order valence-electron chi connectivity index (χ2n) is 4.05. The van der Waals surface area contributed by atoms with E-state index >= 15 is 0 Å². The number of halogens is 1. The van der Waals surface area contributed by atoms with E-state index in [1.54, 1.807) is 0 Å². The zero-order valence-corrected chi connectivity index (χ0v) is 11.1. The number of nitrogens with two attached hydrogens (primary N) is 1. The third-order valence-electron chi connectivity index (χ3n) is 2.84. The van der Waals surface area contributed by atoms with E-state index in [9.17, 15) is 5.11 Å². The van der Waals surface area contributed by atoms with Gasteiger partial charge in [0.05, 0.1) is 4.47 Å². The van der Waals surface area contributed by atoms with Gasteiger partial charge in [-0.05, 0) is 65.4 Å². The van der Waals surface area contributed by atoms with Gasteiger partial charge in [-0.25, -0.2) is 0 Å². The fraction of sp³-hybridized carbons (Fsp3) is 0.500. The fourth-order valence-electron chi connectivity index (χ4n) is 1.81. The van der Waals surface area contributed by atoms with E-state index in [0.29, 0.717) is 18.2 Å². The monoisotopic (exact) mass is 271 g/mol. The second-order valence-corrected chi connectivity index (χ2v) is 4.84. The van der Waals surface area contributed by atoms with Crippen molar-refractivity contribution < 1.29 is 5.11 Å². The summed E-state index contributed by atoms with van der Waals surface area (Å²) in [4.78, 5) is 0. The lowest BCUT2D eigenvalue weighted by molar-refractivity contribution is 0.464. The zero-order valence-electron chi connectivity index (χ0n) is 9.47. The molecular weight excluding hydrogens is 254 g/mol. The largest absolute Gasteiger partial charge is 0.506 e. The number of aromatic hydroxyl groups is 1. The Morgan fingerprint density at radius 1 is 1.47 bits per heavy atom. The Hall–Kier alpha value is -0.540. The van der Waals surface area contributed by atoms with Crippen molar-refractivity contribution in [3.8, 4) is 5.75 Å². The van der Waals surface area contributed by atoms with E-state index in [0.717, 1.165) is 22.0 Å². The molecule has 0 spiro atoms. The summed E-state index contributed by atoms with van der Waals surface area (Å²) in [5.41, 5.74) is 8.76. The van der Waals surface area contributed by atoms with Crippen LogP contribution in [0.15, 0.2) is 10.5 Å². The molecule has 0 fully saturated rings. The third kappa shape index (κ3) is 2.52. The molecule has 84 valence electrons. The molecule has 0 radical (unpaired) electrons. The van der Waals surface area contributed by atoms with Crippen LogP contribution in [0.25, 0.3) is 0 Å². The number of aryl methyl sites for hydroxylation is 1. The van der Waals surface area contributed by atoms with Crippen molar-refractivity contribution in [3.63, 3.8) is 0 Å². The van der Waals surface area contributed by atoms with Crippen LogP contribution in [0.1, 0.15) is 36.0 Å². The topological polar surface area (TPSA) is 46.2 Å². The van der Waals surface area contributed by atoms with Crippen LogP contribution in [0.2, 0.25) is 0 Å². The summed E-state index contributed by atoms with van der Waals surface area (Å²) in [6.07, 6.45) is 0.946. The second kappa shape index (κ2) is 4.99. The maximum absolute atomic E-state index is 9.91. The molecule has 0 aliphatic carbocycles. The summed E-state index contributed by atoms with van der Waals surface area (Å²) in [6, 6.07) is 2.12. The lowest BCUT2D eigenvalue weighted by Crippen LogP contribution is -2.06. The Kier molecular flexibility index (Phi) is 4.17. The molecule has 3 N–H and O–H groups in total. The summed E-state index contributed by atoms with van der Waals surface area (Å²) in [6.45, 7) is 6.75. The average molecular weight is 272 g/mol. The maximum atomic E-state index is 9.91. The minimum Gasteiger partial charge on any atom is -0.506 e. The van der Waals surface area contributed by atoms with Crippen LogP contribution in [0.5, 0.6) is 5.75 Å². The molecule has 1 aromatic rings. The smallest absolute Gasteiger partial charge is 0.133 e. The summed E-state index contributed by atoms with van der Waals surface area (Å²) in [7, 11) is 0. The Morgan fingerprint density at radius 3 is 2.60 bits per heavy atom. The van der Waals surface area contributed by atoms with Crippen LogP contribution >= 0.6 is 15.9 Å². The SMILES string of the molecule is Cc1cc(C(C)CCN)c(C)c(O)c1Br. The van der Waals surface area contributed by atoms with Crippen molar-refractivity contribution in [3.05, 3.63) is 27.2 Å². The van der Waals surface area contributed by atoms with E-state index in [1.807, 2.05) is 13.8 Å². The van der Waals surface area contributed by atoms with Crippen LogP contribution in [0.4, 0.5) is 0 Å². The van der Waals surface area contributed by atoms with Gasteiger partial charge in [-0.1, -0.05) is 13.0 Å². The van der Waals surface area contributed by atoms with E-state index in [-0.39, 0.29) is 0 Å². The first-order valence-corrected chi connectivity index (χ1v) is 5.97. The summed E-state index contributed by atoms with van der Waals surface area (Å²) in [5, 5.41) is 9.91. The summed E-state index contributed by atoms with van der Waals surface area (Å²) in [5.74, 6) is 0.751. The first-order valence-electron chi connectivity index (χ1n) is 5.17. The fourth-order valence-corrected chi connectivity index (χ4v) is 2.22. The van der Waals surface area contributed by atoms with Gasteiger partial charge in [-0.2, -0.15) is 0 Å². The van der Waals surface area contributed by atoms with Gasteiger partial charge >= 0.3 is 0 Å². The number of hydrogen-bond donors (Lipinski definition) is 2. The molecule has 0 bridgehead atoms. The van der Waals surface area contributed by atoms with Crippen molar-refractivity contribution in [2.24, 2.45) is 5.73 Å². The van der Waals surface area contributed by atoms with E-state index in [2.05, 4.69) is 28.9 Å². The molecule has 15 heavy (non-hydrogen) atoms. The first-order chi connectivity index (χ1) is 6.99. The van der Waals surface area contributed by atoms with Gasteiger partial charge in [0.1, 0.15) is 5.75 Å². The molecule has 0 saturated heterocycles. The number of phenols is 1. The lowest BCUT2D eigenvalue weighted by Gasteiger charge is -2.17. The summed E-state index contributed by atoms with van der Waals surface area (Å²) < 4.78 is 0.795. The summed E-state index contributed by atoms with van der Waals surface area (Å²) >= 11 is 3.38. The first kappa shape index (κ1) is 12.5. The quantitative estimate of drug-likeness (QED) is 0.887. The highest BCUT2D eigenvalue weighted by atomic mass is 79.9. The maximum Gasteiger partial charge on any atom is 0.133 e. The molecule has 3 heteroatoms. The average Bonchev–Trinajstić information content (AvgIpc) is 2.20. The molecular formula is C12H18BrNO. The van der Waals surface area contributed by atoms with Crippen molar-refractivity contribution in [2.75, 3.05) is 6.54 Å². The van der Waals surface area contributed by atoms with Crippen LogP contribution < -0.4 is 5.73 Å². The van der Waals surface area contributed by atoms with Crippen LogP contribution in [-0.2, 0) is 0 Å². The third-order valence-corrected chi connectivity index (χ3v) is 3.85. The molecule has 1 atom stereocenters. The standard InChI is InChI=1S/C12H18BrNO/c1-7(4-5-14)10-6-8(2)11(13)12(15)9(10)3/h6-7,15H,4-5,14H2,1-3H3. The molecule has 2 nitrogen and oxygen atoms in total. The number of hydrogen-bond acceptors (Lipinski definition) is 2. The molecule has 0 heterocycles. The van der Waals surface area contributed by atoms with E-state index in [4.69, 9.17) is 5.73 Å². The highest BCUT2D eigenvalue weighted by Crippen LogP contribution is 2.36. The molecule has 0 aromatic heterocycles. The van der Waals surface area contributed by atoms with Crippen molar-refractivity contribution in [1.82, 2.24) is 0 Å². The Morgan fingerprint density at radius 2 is 2.07 bits per heavy atom. The molecule has 0 aliphatic heterocycles. The Labute approximate surface area is 99.6 Å². The molecule has 1 rings (SSSR count). The van der Waals surface area contributed by atoms with Gasteiger partial charge in [0.25, 0.3) is 0 Å². The van der Waals surface area contributed by atoms with Gasteiger partial charge in [0, 0.05) is 0 Å². The number of rotatable bonds is 3. The zero-order chi connectivity index (χ0) is 11.6. The Bertz CT molecular complexity index is 363. The normalized spacial score (nSPS) is 12.9. The number of phenolic OH excluding ortho intramolecular Hbond substituents is 1. The van der Waals surface area contributed by atoms with Crippen molar-refractivity contribution in [2.45, 2.75) is 33.1 Å². The predicted molar refractivity (Wildman–Crippen MR) is 67.4 cm³/mol. The molecule has 1 aromatic carbocycles.